The molecule has 0 aliphatic carbocycles. The van der Waals surface area contributed by atoms with Gasteiger partial charge in [-0.2, -0.15) is 0 Å². The SMILES string of the molecule is c1ccc2sc(OCC3CCNCC3)nc2c1. The summed E-state index contributed by atoms with van der Waals surface area (Å²) >= 11 is 1.64. The van der Waals surface area contributed by atoms with Crippen molar-refractivity contribution in [2.24, 2.45) is 5.92 Å². The molecule has 1 aliphatic rings. The van der Waals surface area contributed by atoms with E-state index in [1.165, 1.54) is 17.5 Å². The van der Waals surface area contributed by atoms with Gasteiger partial charge in [-0.15, -0.1) is 0 Å². The van der Waals surface area contributed by atoms with E-state index in [0.717, 1.165) is 30.4 Å². The number of para-hydroxylation sites is 1. The summed E-state index contributed by atoms with van der Waals surface area (Å²) in [7, 11) is 0. The number of hydrogen-bond acceptors (Lipinski definition) is 4. The van der Waals surface area contributed by atoms with Crippen molar-refractivity contribution in [1.82, 2.24) is 10.3 Å². The molecule has 1 aromatic heterocycles. The average Bonchev–Trinajstić information content (AvgIpc) is 2.80. The van der Waals surface area contributed by atoms with Gasteiger partial charge in [0.2, 0.25) is 0 Å². The van der Waals surface area contributed by atoms with E-state index in [-0.39, 0.29) is 0 Å². The Hall–Kier alpha value is -1.13. The molecule has 1 fully saturated rings. The van der Waals surface area contributed by atoms with Gasteiger partial charge in [0, 0.05) is 0 Å². The lowest BCUT2D eigenvalue weighted by Gasteiger charge is -2.21. The first-order chi connectivity index (χ1) is 8.42. The van der Waals surface area contributed by atoms with Gasteiger partial charge in [0.25, 0.3) is 5.19 Å². The number of piperidine rings is 1. The number of benzene rings is 1. The number of nitrogens with one attached hydrogen (secondary N) is 1. The first-order valence-electron chi connectivity index (χ1n) is 6.11. The zero-order valence-electron chi connectivity index (χ0n) is 9.69. The third kappa shape index (κ3) is 2.58. The molecule has 1 aromatic carbocycles. The molecule has 3 nitrogen and oxygen atoms in total. The Bertz CT molecular complexity index is 458. The van der Waals surface area contributed by atoms with Crippen molar-refractivity contribution < 1.29 is 4.74 Å². The van der Waals surface area contributed by atoms with Gasteiger partial charge in [0.1, 0.15) is 0 Å². The van der Waals surface area contributed by atoms with Crippen LogP contribution in [0.3, 0.4) is 0 Å². The quantitative estimate of drug-likeness (QED) is 0.906. The lowest BCUT2D eigenvalue weighted by molar-refractivity contribution is 0.215. The van der Waals surface area contributed by atoms with E-state index in [1.54, 1.807) is 11.3 Å². The first-order valence-corrected chi connectivity index (χ1v) is 6.92. The highest BCUT2D eigenvalue weighted by Crippen LogP contribution is 2.28. The van der Waals surface area contributed by atoms with Crippen LogP contribution in [0.1, 0.15) is 12.8 Å². The highest BCUT2D eigenvalue weighted by molar-refractivity contribution is 7.20. The standard InChI is InChI=1S/C13H16N2OS/c1-2-4-12-11(3-1)15-13(17-12)16-9-10-5-7-14-8-6-10/h1-4,10,14H,5-9H2. The van der Waals surface area contributed by atoms with E-state index < -0.39 is 0 Å². The van der Waals surface area contributed by atoms with Crippen LogP contribution in [0.25, 0.3) is 10.2 Å². The lowest BCUT2D eigenvalue weighted by Crippen LogP contribution is -2.30. The van der Waals surface area contributed by atoms with E-state index in [0.29, 0.717) is 5.92 Å². The van der Waals surface area contributed by atoms with Crippen LogP contribution < -0.4 is 10.1 Å². The van der Waals surface area contributed by atoms with Crippen molar-refractivity contribution >= 4 is 21.6 Å². The minimum atomic E-state index is 0.684. The highest BCUT2D eigenvalue weighted by atomic mass is 32.1. The molecule has 1 N–H and O–H groups in total. The molecule has 0 spiro atoms. The van der Waals surface area contributed by atoms with Gasteiger partial charge < -0.3 is 10.1 Å². The van der Waals surface area contributed by atoms with Crippen LogP contribution in [0.15, 0.2) is 24.3 Å². The van der Waals surface area contributed by atoms with Gasteiger partial charge in [-0.05, 0) is 44.0 Å². The predicted octanol–water partition coefficient (Wildman–Crippen LogP) is 2.67. The van der Waals surface area contributed by atoms with Crippen molar-refractivity contribution in [3.05, 3.63) is 24.3 Å². The fourth-order valence-electron chi connectivity index (χ4n) is 2.15. The number of thiazole rings is 1. The number of ether oxygens (including phenoxy) is 1. The van der Waals surface area contributed by atoms with Crippen LogP contribution in [0.5, 0.6) is 5.19 Å². The molecular weight excluding hydrogens is 232 g/mol. The maximum atomic E-state index is 5.81. The Morgan fingerprint density at radius 3 is 2.94 bits per heavy atom. The Morgan fingerprint density at radius 1 is 1.29 bits per heavy atom. The number of fused-ring (bicyclic) bond motifs is 1. The van der Waals surface area contributed by atoms with Crippen molar-refractivity contribution in [2.75, 3.05) is 19.7 Å². The molecule has 3 rings (SSSR count). The second-order valence-electron chi connectivity index (χ2n) is 4.45. The summed E-state index contributed by atoms with van der Waals surface area (Å²) in [5.41, 5.74) is 1.04. The zero-order valence-corrected chi connectivity index (χ0v) is 10.5. The van der Waals surface area contributed by atoms with Crippen LogP contribution >= 0.6 is 11.3 Å². The lowest BCUT2D eigenvalue weighted by atomic mass is 9.99. The molecule has 90 valence electrons. The third-order valence-corrected chi connectivity index (χ3v) is 4.12. The van der Waals surface area contributed by atoms with E-state index in [4.69, 9.17) is 4.74 Å². The Labute approximate surface area is 105 Å². The molecule has 0 saturated carbocycles. The first kappa shape index (κ1) is 11.0. The molecule has 0 atom stereocenters. The normalized spacial score (nSPS) is 17.4. The largest absolute Gasteiger partial charge is 0.470 e. The summed E-state index contributed by atoms with van der Waals surface area (Å²) < 4.78 is 7.01. The number of hydrogen-bond donors (Lipinski definition) is 1. The molecule has 0 unspecified atom stereocenters. The summed E-state index contributed by atoms with van der Waals surface area (Å²) in [6.45, 7) is 3.04. The summed E-state index contributed by atoms with van der Waals surface area (Å²) in [5, 5.41) is 4.18. The van der Waals surface area contributed by atoms with Crippen molar-refractivity contribution in [1.29, 1.82) is 0 Å². The van der Waals surface area contributed by atoms with E-state index >= 15 is 0 Å². The molecule has 2 heterocycles. The summed E-state index contributed by atoms with van der Waals surface area (Å²) in [6, 6.07) is 8.17. The molecule has 0 bridgehead atoms. The zero-order chi connectivity index (χ0) is 11.5. The molecule has 0 amide bonds. The minimum Gasteiger partial charge on any atom is -0.470 e. The number of rotatable bonds is 3. The summed E-state index contributed by atoms with van der Waals surface area (Å²) in [6.07, 6.45) is 2.43. The van der Waals surface area contributed by atoms with Gasteiger partial charge in [-0.1, -0.05) is 23.5 Å². The number of aromatic nitrogens is 1. The maximum Gasteiger partial charge on any atom is 0.274 e. The number of nitrogens with zero attached hydrogens (tertiary/aromatic N) is 1. The molecule has 0 radical (unpaired) electrons. The molecule has 1 saturated heterocycles. The summed E-state index contributed by atoms with van der Waals surface area (Å²) in [5.74, 6) is 0.684. The minimum absolute atomic E-state index is 0.684. The Balaban J connectivity index is 1.64. The average molecular weight is 248 g/mol. The van der Waals surface area contributed by atoms with Crippen LogP contribution in [-0.2, 0) is 0 Å². The monoisotopic (exact) mass is 248 g/mol. The van der Waals surface area contributed by atoms with Gasteiger partial charge in [-0.25, -0.2) is 4.98 Å². The van der Waals surface area contributed by atoms with Crippen molar-refractivity contribution in [2.45, 2.75) is 12.8 Å². The molecule has 4 heteroatoms. The van der Waals surface area contributed by atoms with E-state index in [9.17, 15) is 0 Å². The van der Waals surface area contributed by atoms with E-state index in [1.807, 2.05) is 18.2 Å². The van der Waals surface area contributed by atoms with Crippen LogP contribution in [0.2, 0.25) is 0 Å². The fourth-order valence-corrected chi connectivity index (χ4v) is 2.97. The summed E-state index contributed by atoms with van der Waals surface area (Å²) in [4.78, 5) is 4.48. The molecule has 2 aromatic rings. The third-order valence-electron chi connectivity index (χ3n) is 3.18. The fraction of sp³-hybridized carbons (Fsp3) is 0.462. The Morgan fingerprint density at radius 2 is 2.12 bits per heavy atom. The van der Waals surface area contributed by atoms with Crippen molar-refractivity contribution in [3.63, 3.8) is 0 Å². The van der Waals surface area contributed by atoms with E-state index in [2.05, 4.69) is 16.4 Å². The van der Waals surface area contributed by atoms with Crippen LogP contribution in [-0.4, -0.2) is 24.7 Å². The predicted molar refractivity (Wildman–Crippen MR) is 70.7 cm³/mol. The Kier molecular flexibility index (Phi) is 3.25. The highest BCUT2D eigenvalue weighted by Gasteiger charge is 2.14. The van der Waals surface area contributed by atoms with Gasteiger partial charge in [0.15, 0.2) is 0 Å². The van der Waals surface area contributed by atoms with Gasteiger partial charge in [0.05, 0.1) is 16.8 Å². The van der Waals surface area contributed by atoms with Crippen LogP contribution in [0, 0.1) is 5.92 Å². The molecule has 17 heavy (non-hydrogen) atoms. The van der Waals surface area contributed by atoms with Crippen LogP contribution in [0.4, 0.5) is 0 Å². The molecule has 1 aliphatic heterocycles. The topological polar surface area (TPSA) is 34.1 Å². The van der Waals surface area contributed by atoms with Gasteiger partial charge in [-0.3, -0.25) is 0 Å². The molecular formula is C13H16N2OS. The second-order valence-corrected chi connectivity index (χ2v) is 5.45. The van der Waals surface area contributed by atoms with Gasteiger partial charge >= 0.3 is 0 Å². The maximum absolute atomic E-state index is 5.81. The second kappa shape index (κ2) is 5.02. The smallest absolute Gasteiger partial charge is 0.274 e. The van der Waals surface area contributed by atoms with Crippen molar-refractivity contribution in [3.8, 4) is 5.19 Å².